The van der Waals surface area contributed by atoms with Crippen LogP contribution in [0.1, 0.15) is 59.9 Å². The molecule has 2 atom stereocenters. The summed E-state index contributed by atoms with van der Waals surface area (Å²) in [5.74, 6) is -0.108. The maximum atomic E-state index is 13.5. The molecule has 0 saturated carbocycles. The Morgan fingerprint density at radius 3 is 2.29 bits per heavy atom. The van der Waals surface area contributed by atoms with Gasteiger partial charge in [-0.1, -0.05) is 30.3 Å². The first-order chi connectivity index (χ1) is 17.7. The van der Waals surface area contributed by atoms with E-state index in [1.165, 1.54) is 16.7 Å². The second kappa shape index (κ2) is 14.3. The van der Waals surface area contributed by atoms with Crippen molar-refractivity contribution in [1.82, 2.24) is 15.5 Å². The standard InChI is InChI=1S/C27H41N3O7S/c1-26(2,3)36-23(32)21-13-10-15-30(21)22(31)20(29-25(34)37-27(4,5)6)18-38-16-14-28-24(33)35-17-19-11-8-7-9-12-19/h7-9,11-12,20-21H,10,13-18H2,1-6H3,(H,28,33)(H,29,34)/t20-,21-/m0/s1. The van der Waals surface area contributed by atoms with Crippen LogP contribution in [0.3, 0.4) is 0 Å². The lowest BCUT2D eigenvalue weighted by molar-refractivity contribution is -0.163. The number of amides is 3. The molecule has 1 aliphatic rings. The first-order valence-electron chi connectivity index (χ1n) is 12.8. The Balaban J connectivity index is 1.92. The average Bonchev–Trinajstić information content (AvgIpc) is 3.30. The largest absolute Gasteiger partial charge is 0.458 e. The lowest BCUT2D eigenvalue weighted by Gasteiger charge is -2.30. The van der Waals surface area contributed by atoms with Crippen LogP contribution in [0.15, 0.2) is 30.3 Å². The van der Waals surface area contributed by atoms with Crippen LogP contribution in [0, 0.1) is 0 Å². The Labute approximate surface area is 229 Å². The summed E-state index contributed by atoms with van der Waals surface area (Å²) >= 11 is 1.38. The highest BCUT2D eigenvalue weighted by Crippen LogP contribution is 2.23. The third-order valence-corrected chi connectivity index (χ3v) is 6.28. The van der Waals surface area contributed by atoms with E-state index in [-0.39, 0.29) is 18.3 Å². The topological polar surface area (TPSA) is 123 Å². The third kappa shape index (κ3) is 11.6. The minimum atomic E-state index is -0.914. The van der Waals surface area contributed by atoms with Crippen LogP contribution < -0.4 is 10.6 Å². The number of nitrogens with one attached hydrogen (secondary N) is 2. The van der Waals surface area contributed by atoms with Crippen molar-refractivity contribution in [2.24, 2.45) is 0 Å². The van der Waals surface area contributed by atoms with Crippen molar-refractivity contribution in [2.75, 3.05) is 24.6 Å². The average molecular weight is 552 g/mol. The normalized spacial score (nSPS) is 16.4. The fourth-order valence-electron chi connectivity index (χ4n) is 3.67. The van der Waals surface area contributed by atoms with Crippen molar-refractivity contribution in [1.29, 1.82) is 0 Å². The summed E-state index contributed by atoms with van der Waals surface area (Å²) in [6.45, 7) is 11.4. The molecule has 1 heterocycles. The minimum absolute atomic E-state index is 0.171. The van der Waals surface area contributed by atoms with Gasteiger partial charge in [-0.2, -0.15) is 11.8 Å². The molecule has 0 unspecified atom stereocenters. The molecule has 1 aliphatic heterocycles. The second-order valence-electron chi connectivity index (χ2n) is 11.0. The number of esters is 1. The van der Waals surface area contributed by atoms with E-state index in [0.29, 0.717) is 31.7 Å². The number of ether oxygens (including phenoxy) is 3. The van der Waals surface area contributed by atoms with Crippen LogP contribution in [0.2, 0.25) is 0 Å². The molecule has 0 bridgehead atoms. The van der Waals surface area contributed by atoms with E-state index in [1.807, 2.05) is 30.3 Å². The van der Waals surface area contributed by atoms with Crippen molar-refractivity contribution in [3.05, 3.63) is 35.9 Å². The predicted octanol–water partition coefficient (Wildman–Crippen LogP) is 3.87. The van der Waals surface area contributed by atoms with Crippen molar-refractivity contribution in [3.8, 4) is 0 Å². The Bertz CT molecular complexity index is 944. The molecule has 1 aromatic rings. The van der Waals surface area contributed by atoms with Gasteiger partial charge in [0, 0.05) is 24.6 Å². The summed E-state index contributed by atoms with van der Waals surface area (Å²) in [5, 5.41) is 5.33. The number of benzene rings is 1. The molecule has 3 amide bonds. The quantitative estimate of drug-likeness (QED) is 0.255. The van der Waals surface area contributed by atoms with Gasteiger partial charge in [0.1, 0.15) is 29.9 Å². The molecule has 0 aliphatic carbocycles. The number of thioether (sulfide) groups is 1. The van der Waals surface area contributed by atoms with Crippen LogP contribution in [-0.4, -0.2) is 76.8 Å². The molecular weight excluding hydrogens is 510 g/mol. The molecule has 38 heavy (non-hydrogen) atoms. The smallest absolute Gasteiger partial charge is 0.408 e. The van der Waals surface area contributed by atoms with Crippen LogP contribution in [0.25, 0.3) is 0 Å². The molecule has 1 saturated heterocycles. The number of alkyl carbamates (subject to hydrolysis) is 2. The monoisotopic (exact) mass is 551 g/mol. The SMILES string of the molecule is CC(C)(C)OC(=O)N[C@@H](CSCCNC(=O)OCc1ccccc1)C(=O)N1CCC[C@H]1C(=O)OC(C)(C)C. The van der Waals surface area contributed by atoms with Gasteiger partial charge in [-0.3, -0.25) is 4.79 Å². The van der Waals surface area contributed by atoms with Gasteiger partial charge < -0.3 is 29.7 Å². The van der Waals surface area contributed by atoms with Crippen LogP contribution in [-0.2, 0) is 30.4 Å². The highest BCUT2D eigenvalue weighted by molar-refractivity contribution is 7.99. The molecule has 0 aromatic heterocycles. The van der Waals surface area contributed by atoms with E-state index in [0.717, 1.165) is 5.56 Å². The number of hydrogen-bond acceptors (Lipinski definition) is 8. The van der Waals surface area contributed by atoms with Gasteiger partial charge in [-0.15, -0.1) is 0 Å². The van der Waals surface area contributed by atoms with E-state index < -0.39 is 41.4 Å². The van der Waals surface area contributed by atoms with Crippen LogP contribution in [0.4, 0.5) is 9.59 Å². The number of nitrogens with zero attached hydrogens (tertiary/aromatic N) is 1. The Morgan fingerprint density at radius 2 is 1.66 bits per heavy atom. The summed E-state index contributed by atoms with van der Waals surface area (Å²) < 4.78 is 16.1. The summed E-state index contributed by atoms with van der Waals surface area (Å²) in [7, 11) is 0. The number of carbonyl (C=O) groups is 4. The maximum absolute atomic E-state index is 13.5. The van der Waals surface area contributed by atoms with Crippen molar-refractivity contribution < 1.29 is 33.4 Å². The zero-order valence-corrected chi connectivity index (χ0v) is 24.0. The van der Waals surface area contributed by atoms with E-state index in [2.05, 4.69) is 10.6 Å². The Morgan fingerprint density at radius 1 is 1.00 bits per heavy atom. The zero-order valence-electron chi connectivity index (χ0n) is 23.2. The van der Waals surface area contributed by atoms with Gasteiger partial charge in [0.15, 0.2) is 0 Å². The molecular formula is C27H41N3O7S. The summed E-state index contributed by atoms with van der Waals surface area (Å²) in [6, 6.07) is 7.75. The second-order valence-corrected chi connectivity index (χ2v) is 12.1. The van der Waals surface area contributed by atoms with Crippen molar-refractivity contribution in [2.45, 2.75) is 84.3 Å². The van der Waals surface area contributed by atoms with E-state index in [4.69, 9.17) is 14.2 Å². The lowest BCUT2D eigenvalue weighted by Crippen LogP contribution is -2.54. The molecule has 10 nitrogen and oxygen atoms in total. The van der Waals surface area contributed by atoms with Gasteiger partial charge in [0.25, 0.3) is 0 Å². The summed E-state index contributed by atoms with van der Waals surface area (Å²) in [4.78, 5) is 52.1. The molecule has 0 radical (unpaired) electrons. The van der Waals surface area contributed by atoms with Gasteiger partial charge in [-0.05, 0) is 59.9 Å². The van der Waals surface area contributed by atoms with Crippen molar-refractivity contribution in [3.63, 3.8) is 0 Å². The Kier molecular flexibility index (Phi) is 11.7. The summed E-state index contributed by atoms with van der Waals surface area (Å²) in [5.41, 5.74) is -0.520. The van der Waals surface area contributed by atoms with Gasteiger partial charge in [0.2, 0.25) is 5.91 Å². The molecule has 212 valence electrons. The van der Waals surface area contributed by atoms with E-state index >= 15 is 0 Å². The zero-order chi connectivity index (χ0) is 28.3. The Hall–Kier alpha value is -2.95. The highest BCUT2D eigenvalue weighted by Gasteiger charge is 2.40. The third-order valence-electron chi connectivity index (χ3n) is 5.22. The molecule has 0 spiro atoms. The fraction of sp³-hybridized carbons (Fsp3) is 0.630. The lowest BCUT2D eigenvalue weighted by atomic mass is 10.1. The number of likely N-dealkylation sites (tertiary alicyclic amines) is 1. The summed E-state index contributed by atoms with van der Waals surface area (Å²) in [6.07, 6.45) is -0.0860. The highest BCUT2D eigenvalue weighted by atomic mass is 32.2. The maximum Gasteiger partial charge on any atom is 0.408 e. The molecule has 1 fully saturated rings. The first-order valence-corrected chi connectivity index (χ1v) is 14.0. The molecule has 2 rings (SSSR count). The predicted molar refractivity (Wildman–Crippen MR) is 146 cm³/mol. The first kappa shape index (κ1) is 31.3. The molecule has 2 N–H and O–H groups in total. The van der Waals surface area contributed by atoms with Crippen LogP contribution >= 0.6 is 11.8 Å². The van der Waals surface area contributed by atoms with Gasteiger partial charge in [-0.25, -0.2) is 14.4 Å². The van der Waals surface area contributed by atoms with Crippen LogP contribution in [0.5, 0.6) is 0 Å². The number of carbonyl (C=O) groups excluding carboxylic acids is 4. The van der Waals surface area contributed by atoms with E-state index in [1.54, 1.807) is 41.5 Å². The molecule has 11 heteroatoms. The minimum Gasteiger partial charge on any atom is -0.458 e. The van der Waals surface area contributed by atoms with E-state index in [9.17, 15) is 19.2 Å². The number of hydrogen-bond donors (Lipinski definition) is 2. The van der Waals surface area contributed by atoms with Gasteiger partial charge in [0.05, 0.1) is 0 Å². The number of rotatable bonds is 10. The van der Waals surface area contributed by atoms with Crippen molar-refractivity contribution >= 4 is 35.8 Å². The van der Waals surface area contributed by atoms with Gasteiger partial charge >= 0.3 is 18.2 Å². The fourth-order valence-corrected chi connectivity index (χ4v) is 4.55. The molecule has 1 aromatic carbocycles.